The van der Waals surface area contributed by atoms with Crippen LogP contribution in [0.3, 0.4) is 0 Å². The van der Waals surface area contributed by atoms with E-state index < -0.39 is 29.8 Å². The van der Waals surface area contributed by atoms with E-state index in [2.05, 4.69) is 18.9 Å². The topological polar surface area (TPSA) is 166 Å². The molecule has 1 aromatic rings. The Morgan fingerprint density at radius 3 is 1.44 bits per heavy atom. The zero-order valence-corrected chi connectivity index (χ0v) is 10.1. The molecule has 0 unspecified atom stereocenters. The number of hydrogen-bond acceptors (Lipinski definition) is 4. The van der Waals surface area contributed by atoms with Crippen LogP contribution in [-0.4, -0.2) is 16.8 Å². The van der Waals surface area contributed by atoms with Gasteiger partial charge in [-0.3, -0.25) is 0 Å². The molecule has 0 bridgehead atoms. The van der Waals surface area contributed by atoms with E-state index in [9.17, 15) is 16.8 Å². The van der Waals surface area contributed by atoms with Crippen LogP contribution in [0.5, 0.6) is 0 Å². The van der Waals surface area contributed by atoms with E-state index in [0.717, 1.165) is 12.1 Å². The molecule has 0 N–H and O–H groups in total. The quantitative estimate of drug-likeness (QED) is 0.467. The standard InChI is InChI=1S/C6H4N6O4S2/c7-9-11-17(13,14)5-3-1-2-4-6(5)18(15,16)12-10-8/h1-4H. The summed E-state index contributed by atoms with van der Waals surface area (Å²) in [6.45, 7) is 0. The first-order chi connectivity index (χ1) is 8.35. The van der Waals surface area contributed by atoms with Crippen molar-refractivity contribution in [3.8, 4) is 0 Å². The van der Waals surface area contributed by atoms with Gasteiger partial charge in [-0.25, -0.2) is 16.8 Å². The van der Waals surface area contributed by atoms with Crippen LogP contribution < -0.4 is 0 Å². The van der Waals surface area contributed by atoms with E-state index in [0.29, 0.717) is 0 Å². The van der Waals surface area contributed by atoms with Gasteiger partial charge in [0, 0.05) is 18.9 Å². The van der Waals surface area contributed by atoms with Crippen molar-refractivity contribution in [2.45, 2.75) is 9.79 Å². The second-order valence-electron chi connectivity index (χ2n) is 2.74. The molecular formula is C6H4N6O4S2. The lowest BCUT2D eigenvalue weighted by Crippen LogP contribution is -2.05. The number of hydrogen-bond donors (Lipinski definition) is 0. The summed E-state index contributed by atoms with van der Waals surface area (Å²) in [5, 5.41) is 0. The minimum atomic E-state index is -4.50. The molecule has 18 heavy (non-hydrogen) atoms. The molecule has 10 nitrogen and oxygen atoms in total. The van der Waals surface area contributed by atoms with Crippen LogP contribution in [0.4, 0.5) is 0 Å². The molecule has 0 atom stereocenters. The number of rotatable bonds is 4. The molecule has 1 rings (SSSR count). The third-order valence-electron chi connectivity index (χ3n) is 1.69. The molecule has 0 radical (unpaired) electrons. The van der Waals surface area contributed by atoms with Gasteiger partial charge >= 0.3 is 0 Å². The van der Waals surface area contributed by atoms with Gasteiger partial charge in [-0.05, 0) is 23.2 Å². The Hall–Kier alpha value is -2.26. The summed E-state index contributed by atoms with van der Waals surface area (Å²) in [7, 11) is -8.99. The summed E-state index contributed by atoms with van der Waals surface area (Å²) in [6.07, 6.45) is 0. The molecule has 1 aromatic carbocycles. The molecule has 0 aliphatic heterocycles. The maximum atomic E-state index is 11.5. The van der Waals surface area contributed by atoms with Crippen molar-refractivity contribution in [3.63, 3.8) is 0 Å². The van der Waals surface area contributed by atoms with Gasteiger partial charge in [0.15, 0.2) is 0 Å². The van der Waals surface area contributed by atoms with Gasteiger partial charge in [0.1, 0.15) is 0 Å². The van der Waals surface area contributed by atoms with Crippen molar-refractivity contribution in [3.05, 3.63) is 45.2 Å². The molecule has 0 fully saturated rings. The fraction of sp³-hybridized carbons (Fsp3) is 0. The van der Waals surface area contributed by atoms with E-state index in [1.54, 1.807) is 0 Å². The van der Waals surface area contributed by atoms with Crippen LogP contribution in [0, 0.1) is 0 Å². The molecule has 0 saturated heterocycles. The SMILES string of the molecule is [N-]=[N+]=NS(=O)(=O)c1ccccc1S(=O)(=O)N=[N+]=[N-]. The van der Waals surface area contributed by atoms with Crippen molar-refractivity contribution >= 4 is 20.0 Å². The summed E-state index contributed by atoms with van der Waals surface area (Å²) in [5.41, 5.74) is 16.2. The zero-order chi connectivity index (χ0) is 13.8. The van der Waals surface area contributed by atoms with Gasteiger partial charge in [-0.2, -0.15) is 0 Å². The predicted molar refractivity (Wildman–Crippen MR) is 59.1 cm³/mol. The van der Waals surface area contributed by atoms with Crippen LogP contribution in [0.2, 0.25) is 0 Å². The summed E-state index contributed by atoms with van der Waals surface area (Å²) in [6, 6.07) is 4.30. The van der Waals surface area contributed by atoms with Crippen LogP contribution in [0.25, 0.3) is 20.9 Å². The molecule has 0 amide bonds. The van der Waals surface area contributed by atoms with Crippen molar-refractivity contribution in [1.82, 2.24) is 0 Å². The average molecular weight is 288 g/mol. The van der Waals surface area contributed by atoms with Gasteiger partial charge in [0.2, 0.25) is 0 Å². The third-order valence-corrected chi connectivity index (χ3v) is 4.22. The molecule has 0 aromatic heterocycles. The van der Waals surface area contributed by atoms with E-state index >= 15 is 0 Å². The summed E-state index contributed by atoms with van der Waals surface area (Å²) in [5.74, 6) is 0. The smallest absolute Gasteiger partial charge is 0.216 e. The first-order valence-electron chi connectivity index (χ1n) is 4.07. The Morgan fingerprint density at radius 1 is 0.833 bits per heavy atom. The highest BCUT2D eigenvalue weighted by molar-refractivity contribution is 7.93. The minimum absolute atomic E-state index is 0.754. The summed E-state index contributed by atoms with van der Waals surface area (Å²) >= 11 is 0. The Morgan fingerprint density at radius 2 is 1.17 bits per heavy atom. The average Bonchev–Trinajstić information content (AvgIpc) is 2.29. The molecule has 94 valence electrons. The molecule has 12 heteroatoms. The van der Waals surface area contributed by atoms with E-state index in [1.165, 1.54) is 12.1 Å². The molecule has 0 spiro atoms. The van der Waals surface area contributed by atoms with Gasteiger partial charge in [-0.1, -0.05) is 12.1 Å². The first-order valence-corrected chi connectivity index (χ1v) is 6.95. The van der Waals surface area contributed by atoms with E-state index in [-0.39, 0.29) is 0 Å². The number of nitrogens with zero attached hydrogens (tertiary/aromatic N) is 6. The first kappa shape index (κ1) is 13.8. The van der Waals surface area contributed by atoms with Crippen LogP contribution in [-0.2, 0) is 20.0 Å². The normalized spacial score (nSPS) is 11.1. The van der Waals surface area contributed by atoms with Crippen molar-refractivity contribution < 1.29 is 16.8 Å². The molecule has 0 heterocycles. The highest BCUT2D eigenvalue weighted by Crippen LogP contribution is 2.24. The number of benzene rings is 1. The Kier molecular flexibility index (Phi) is 3.79. The Labute approximate surface area is 101 Å². The molecule has 0 aliphatic carbocycles. The van der Waals surface area contributed by atoms with Gasteiger partial charge in [-0.15, -0.1) is 0 Å². The van der Waals surface area contributed by atoms with Gasteiger partial charge in [0.05, 0.1) is 9.79 Å². The number of azide groups is 2. The lowest BCUT2D eigenvalue weighted by Gasteiger charge is -2.03. The van der Waals surface area contributed by atoms with Crippen molar-refractivity contribution in [2.75, 3.05) is 0 Å². The Balaban J connectivity index is 3.72. The fourth-order valence-corrected chi connectivity index (χ4v) is 3.21. The minimum Gasteiger partial charge on any atom is -0.216 e. The predicted octanol–water partition coefficient (Wildman–Crippen LogP) is 1.68. The van der Waals surface area contributed by atoms with Crippen LogP contribution in [0.15, 0.2) is 43.1 Å². The lowest BCUT2D eigenvalue weighted by molar-refractivity contribution is 0.584. The molecule has 0 saturated carbocycles. The largest absolute Gasteiger partial charge is 0.265 e. The van der Waals surface area contributed by atoms with Crippen molar-refractivity contribution in [2.24, 2.45) is 9.04 Å². The monoisotopic (exact) mass is 288 g/mol. The van der Waals surface area contributed by atoms with E-state index in [4.69, 9.17) is 11.1 Å². The highest BCUT2D eigenvalue weighted by Gasteiger charge is 2.24. The second kappa shape index (κ2) is 4.94. The Bertz CT molecular complexity index is 703. The maximum Gasteiger partial charge on any atom is 0.265 e. The lowest BCUT2D eigenvalue weighted by atomic mass is 10.4. The van der Waals surface area contributed by atoms with Gasteiger partial charge < -0.3 is 0 Å². The van der Waals surface area contributed by atoms with Gasteiger partial charge in [0.25, 0.3) is 20.0 Å². The fourth-order valence-electron chi connectivity index (χ4n) is 1.06. The zero-order valence-electron chi connectivity index (χ0n) is 8.44. The van der Waals surface area contributed by atoms with E-state index in [1.807, 2.05) is 0 Å². The molecule has 0 aliphatic rings. The third kappa shape index (κ3) is 2.70. The van der Waals surface area contributed by atoms with Crippen molar-refractivity contribution in [1.29, 1.82) is 0 Å². The van der Waals surface area contributed by atoms with Crippen LogP contribution in [0.1, 0.15) is 0 Å². The summed E-state index contributed by atoms with van der Waals surface area (Å²) < 4.78 is 51.0. The molecular weight excluding hydrogens is 284 g/mol. The summed E-state index contributed by atoms with van der Waals surface area (Å²) in [4.78, 5) is 2.67. The maximum absolute atomic E-state index is 11.5. The number of sulfonamides is 2. The van der Waals surface area contributed by atoms with Crippen LogP contribution >= 0.6 is 0 Å². The highest BCUT2D eigenvalue weighted by atomic mass is 32.2. The second-order valence-corrected chi connectivity index (χ2v) is 5.85.